The summed E-state index contributed by atoms with van der Waals surface area (Å²) in [7, 11) is 0. The third-order valence-electron chi connectivity index (χ3n) is 5.00. The summed E-state index contributed by atoms with van der Waals surface area (Å²) in [5, 5.41) is 3.42. The van der Waals surface area contributed by atoms with Crippen LogP contribution >= 0.6 is 0 Å². The number of nitrogens with two attached hydrogens (primary N) is 1. The SMILES string of the molecule is CCNC(=NCCc1ccc(OCC(N)=O)cc1)N1CCN(c2ccccc2)CC1. The fraction of sp³-hybridized carbons (Fsp3) is 0.391. The highest BCUT2D eigenvalue weighted by molar-refractivity contribution is 5.80. The standard InChI is InChI=1S/C23H31N5O2/c1-2-25-23(28-16-14-27(15-17-28)20-6-4-3-5-7-20)26-13-12-19-8-10-21(11-9-19)30-18-22(24)29/h3-11H,2,12-18H2,1H3,(H2,24,29)(H,25,26). The minimum Gasteiger partial charge on any atom is -0.484 e. The number of guanidine groups is 1. The number of ether oxygens (including phenoxy) is 1. The molecule has 1 aliphatic heterocycles. The van der Waals surface area contributed by atoms with E-state index in [0.29, 0.717) is 12.3 Å². The fourth-order valence-electron chi connectivity index (χ4n) is 3.44. The third kappa shape index (κ3) is 6.40. The zero-order chi connectivity index (χ0) is 21.2. The van der Waals surface area contributed by atoms with Gasteiger partial charge in [-0.25, -0.2) is 0 Å². The minimum absolute atomic E-state index is 0.104. The number of hydrogen-bond acceptors (Lipinski definition) is 4. The molecule has 0 saturated carbocycles. The molecule has 0 radical (unpaired) electrons. The zero-order valence-corrected chi connectivity index (χ0v) is 17.6. The zero-order valence-electron chi connectivity index (χ0n) is 17.6. The molecule has 0 aromatic heterocycles. The van der Waals surface area contributed by atoms with Crippen molar-refractivity contribution in [1.29, 1.82) is 0 Å². The number of aliphatic imine (C=N–C) groups is 1. The summed E-state index contributed by atoms with van der Waals surface area (Å²) >= 11 is 0. The Bertz CT molecular complexity index is 815. The van der Waals surface area contributed by atoms with E-state index in [9.17, 15) is 4.79 Å². The summed E-state index contributed by atoms with van der Waals surface area (Å²) in [5.41, 5.74) is 7.55. The van der Waals surface area contributed by atoms with Crippen molar-refractivity contribution in [3.05, 3.63) is 60.2 Å². The van der Waals surface area contributed by atoms with E-state index in [-0.39, 0.29) is 6.61 Å². The van der Waals surface area contributed by atoms with Crippen molar-refractivity contribution < 1.29 is 9.53 Å². The summed E-state index contributed by atoms with van der Waals surface area (Å²) in [5.74, 6) is 1.14. The second-order valence-corrected chi connectivity index (χ2v) is 7.19. The van der Waals surface area contributed by atoms with Gasteiger partial charge in [-0.15, -0.1) is 0 Å². The van der Waals surface area contributed by atoms with Crippen LogP contribution in [-0.2, 0) is 11.2 Å². The molecule has 1 aliphatic rings. The van der Waals surface area contributed by atoms with E-state index in [4.69, 9.17) is 15.5 Å². The van der Waals surface area contributed by atoms with Gasteiger partial charge >= 0.3 is 0 Å². The van der Waals surface area contributed by atoms with E-state index in [0.717, 1.165) is 45.1 Å². The minimum atomic E-state index is -0.478. The van der Waals surface area contributed by atoms with Crippen LogP contribution in [0.25, 0.3) is 0 Å². The number of carbonyl (C=O) groups excluding carboxylic acids is 1. The molecule has 1 fully saturated rings. The quantitative estimate of drug-likeness (QED) is 0.514. The van der Waals surface area contributed by atoms with Crippen molar-refractivity contribution in [2.24, 2.45) is 10.7 Å². The Morgan fingerprint density at radius 1 is 1.07 bits per heavy atom. The molecule has 7 nitrogen and oxygen atoms in total. The van der Waals surface area contributed by atoms with E-state index < -0.39 is 5.91 Å². The highest BCUT2D eigenvalue weighted by Gasteiger charge is 2.19. The molecule has 0 aliphatic carbocycles. The highest BCUT2D eigenvalue weighted by Crippen LogP contribution is 2.16. The predicted molar refractivity (Wildman–Crippen MR) is 121 cm³/mol. The van der Waals surface area contributed by atoms with Crippen molar-refractivity contribution in [3.63, 3.8) is 0 Å². The van der Waals surface area contributed by atoms with Crippen LogP contribution in [0.1, 0.15) is 12.5 Å². The number of primary amides is 1. The van der Waals surface area contributed by atoms with Gasteiger partial charge in [0.25, 0.3) is 5.91 Å². The molecule has 1 heterocycles. The van der Waals surface area contributed by atoms with Crippen molar-refractivity contribution in [1.82, 2.24) is 10.2 Å². The van der Waals surface area contributed by atoms with E-state index in [1.165, 1.54) is 11.3 Å². The summed E-state index contributed by atoms with van der Waals surface area (Å²) in [4.78, 5) is 20.4. The number of piperazine rings is 1. The number of rotatable bonds is 8. The molecular weight excluding hydrogens is 378 g/mol. The van der Waals surface area contributed by atoms with E-state index in [2.05, 4.69) is 52.4 Å². The normalized spacial score (nSPS) is 14.5. The van der Waals surface area contributed by atoms with Gasteiger partial charge in [-0.2, -0.15) is 0 Å². The van der Waals surface area contributed by atoms with Crippen LogP contribution in [-0.4, -0.2) is 62.6 Å². The first-order valence-corrected chi connectivity index (χ1v) is 10.5. The summed E-state index contributed by atoms with van der Waals surface area (Å²) < 4.78 is 5.29. The summed E-state index contributed by atoms with van der Waals surface area (Å²) in [6, 6.07) is 18.3. The lowest BCUT2D eigenvalue weighted by Crippen LogP contribution is -2.52. The lowest BCUT2D eigenvalue weighted by Gasteiger charge is -2.37. The molecule has 160 valence electrons. The summed E-state index contributed by atoms with van der Waals surface area (Å²) in [6.45, 7) is 7.43. The van der Waals surface area contributed by atoms with Crippen LogP contribution in [0.3, 0.4) is 0 Å². The first kappa shape index (κ1) is 21.5. The maximum absolute atomic E-state index is 10.8. The van der Waals surface area contributed by atoms with Crippen LogP contribution in [0.5, 0.6) is 5.75 Å². The monoisotopic (exact) mass is 409 g/mol. The van der Waals surface area contributed by atoms with E-state index >= 15 is 0 Å². The molecule has 2 aromatic rings. The van der Waals surface area contributed by atoms with Crippen LogP contribution < -0.4 is 20.7 Å². The number of nitrogens with one attached hydrogen (secondary N) is 1. The average molecular weight is 410 g/mol. The molecule has 0 spiro atoms. The third-order valence-corrected chi connectivity index (χ3v) is 5.00. The molecule has 7 heteroatoms. The first-order chi connectivity index (χ1) is 14.7. The van der Waals surface area contributed by atoms with Gasteiger partial charge in [-0.05, 0) is 43.2 Å². The van der Waals surface area contributed by atoms with Crippen molar-refractivity contribution in [3.8, 4) is 5.75 Å². The van der Waals surface area contributed by atoms with Crippen molar-refractivity contribution >= 4 is 17.6 Å². The summed E-state index contributed by atoms with van der Waals surface area (Å²) in [6.07, 6.45) is 0.842. The lowest BCUT2D eigenvalue weighted by molar-refractivity contribution is -0.119. The van der Waals surface area contributed by atoms with Crippen molar-refractivity contribution in [2.75, 3.05) is 50.8 Å². The van der Waals surface area contributed by atoms with Gasteiger partial charge in [0, 0.05) is 45.0 Å². The van der Waals surface area contributed by atoms with Gasteiger partial charge < -0.3 is 25.6 Å². The molecule has 30 heavy (non-hydrogen) atoms. The van der Waals surface area contributed by atoms with Crippen LogP contribution in [0.2, 0.25) is 0 Å². The van der Waals surface area contributed by atoms with E-state index in [1.807, 2.05) is 24.3 Å². The molecule has 1 amide bonds. The molecule has 0 bridgehead atoms. The Kier molecular flexibility index (Phi) is 7.94. The van der Waals surface area contributed by atoms with E-state index in [1.54, 1.807) is 0 Å². The Morgan fingerprint density at radius 3 is 2.40 bits per heavy atom. The maximum Gasteiger partial charge on any atom is 0.255 e. The van der Waals surface area contributed by atoms with Gasteiger partial charge in [-0.3, -0.25) is 9.79 Å². The number of para-hydroxylation sites is 1. The van der Waals surface area contributed by atoms with Gasteiger partial charge in [0.2, 0.25) is 0 Å². The van der Waals surface area contributed by atoms with Crippen LogP contribution in [0.4, 0.5) is 5.69 Å². The number of hydrogen-bond donors (Lipinski definition) is 2. The number of carbonyl (C=O) groups is 1. The number of benzene rings is 2. The Balaban J connectivity index is 1.50. The average Bonchev–Trinajstić information content (AvgIpc) is 2.79. The molecule has 3 N–H and O–H groups in total. The second-order valence-electron chi connectivity index (χ2n) is 7.19. The predicted octanol–water partition coefficient (Wildman–Crippen LogP) is 1.88. The number of amides is 1. The van der Waals surface area contributed by atoms with Gasteiger partial charge in [-0.1, -0.05) is 30.3 Å². The van der Waals surface area contributed by atoms with Crippen LogP contribution in [0.15, 0.2) is 59.6 Å². The number of anilines is 1. The topological polar surface area (TPSA) is 83.2 Å². The van der Waals surface area contributed by atoms with Crippen molar-refractivity contribution in [2.45, 2.75) is 13.3 Å². The highest BCUT2D eigenvalue weighted by atomic mass is 16.5. The molecule has 0 unspecified atom stereocenters. The second kappa shape index (κ2) is 11.1. The lowest BCUT2D eigenvalue weighted by atomic mass is 10.1. The Hall–Kier alpha value is -3.22. The fourth-order valence-corrected chi connectivity index (χ4v) is 3.44. The molecule has 3 rings (SSSR count). The first-order valence-electron chi connectivity index (χ1n) is 10.5. The molecular formula is C23H31N5O2. The number of nitrogens with zero attached hydrogens (tertiary/aromatic N) is 3. The Labute approximate surface area is 178 Å². The smallest absolute Gasteiger partial charge is 0.255 e. The molecule has 1 saturated heterocycles. The maximum atomic E-state index is 10.8. The molecule has 0 atom stereocenters. The van der Waals surface area contributed by atoms with Gasteiger partial charge in [0.1, 0.15) is 5.75 Å². The Morgan fingerprint density at radius 2 is 1.77 bits per heavy atom. The largest absolute Gasteiger partial charge is 0.484 e. The molecule has 2 aromatic carbocycles. The van der Waals surface area contributed by atoms with Crippen LogP contribution in [0, 0.1) is 0 Å². The van der Waals surface area contributed by atoms with Gasteiger partial charge in [0.05, 0.1) is 0 Å². The van der Waals surface area contributed by atoms with Gasteiger partial charge in [0.15, 0.2) is 12.6 Å².